The van der Waals surface area contributed by atoms with E-state index in [1.807, 2.05) is 24.3 Å². The smallest absolute Gasteiger partial charge is 0.233 e. The number of sulfone groups is 1. The quantitative estimate of drug-likeness (QED) is 0.516. The summed E-state index contributed by atoms with van der Waals surface area (Å²) in [5.41, 5.74) is 0.940. The fourth-order valence-electron chi connectivity index (χ4n) is 4.66. The number of nitrogens with zero attached hydrogens (tertiary/aromatic N) is 4. The Bertz CT molecular complexity index is 1100. The van der Waals surface area contributed by atoms with Gasteiger partial charge in [-0.15, -0.1) is 10.2 Å². The summed E-state index contributed by atoms with van der Waals surface area (Å²) >= 11 is 1.39. The third kappa shape index (κ3) is 6.04. The van der Waals surface area contributed by atoms with E-state index in [2.05, 4.69) is 20.1 Å². The standard InChI is InChI=1S/C23H33N5O4S2/c1-27(19-11-12-34(30,31)16-19)22(29)15-33-23-26-25-21(28(23)18-8-4-3-5-9-18)14-24-17-7-6-10-20(13-17)32-2/h6-7,10,13,18-19,24H,3-5,8-9,11-12,14-16H2,1-2H3/t19-/m0/s1. The molecular formula is C23H33N5O4S2. The van der Waals surface area contributed by atoms with Gasteiger partial charge in [0.25, 0.3) is 0 Å². The molecule has 0 spiro atoms. The second-order valence-electron chi connectivity index (χ2n) is 9.00. The van der Waals surface area contributed by atoms with E-state index in [0.29, 0.717) is 19.0 Å². The van der Waals surface area contributed by atoms with Crippen LogP contribution in [0.5, 0.6) is 5.75 Å². The SMILES string of the molecule is COc1cccc(NCc2nnc(SCC(=O)N(C)[C@H]3CCS(=O)(=O)C3)n2C2CCCCC2)c1. The summed E-state index contributed by atoms with van der Waals surface area (Å²) in [6.07, 6.45) is 6.25. The summed E-state index contributed by atoms with van der Waals surface area (Å²) in [6, 6.07) is 7.84. The van der Waals surface area contributed by atoms with Crippen LogP contribution in [0.15, 0.2) is 29.4 Å². The minimum atomic E-state index is -3.03. The molecular weight excluding hydrogens is 474 g/mol. The van der Waals surface area contributed by atoms with Gasteiger partial charge in [-0.25, -0.2) is 8.42 Å². The van der Waals surface area contributed by atoms with Gasteiger partial charge < -0.3 is 19.5 Å². The summed E-state index contributed by atoms with van der Waals surface area (Å²) in [4.78, 5) is 14.4. The van der Waals surface area contributed by atoms with Crippen molar-refractivity contribution >= 4 is 33.2 Å². The summed E-state index contributed by atoms with van der Waals surface area (Å²) in [5.74, 6) is 1.97. The molecule has 11 heteroatoms. The number of anilines is 1. The zero-order valence-corrected chi connectivity index (χ0v) is 21.4. The van der Waals surface area contributed by atoms with Gasteiger partial charge in [0, 0.05) is 30.9 Å². The molecule has 0 radical (unpaired) electrons. The Labute approximate surface area is 205 Å². The third-order valence-electron chi connectivity index (χ3n) is 6.67. The number of thioether (sulfide) groups is 1. The van der Waals surface area contributed by atoms with Crippen molar-refractivity contribution in [2.45, 2.75) is 62.3 Å². The maximum absolute atomic E-state index is 12.8. The molecule has 2 aromatic rings. The largest absolute Gasteiger partial charge is 0.497 e. The highest BCUT2D eigenvalue weighted by molar-refractivity contribution is 7.99. The normalized spacial score (nSPS) is 20.2. The van der Waals surface area contributed by atoms with Crippen LogP contribution in [-0.4, -0.2) is 71.4 Å². The van der Waals surface area contributed by atoms with E-state index >= 15 is 0 Å². The first-order valence-corrected chi connectivity index (χ1v) is 14.6. The van der Waals surface area contributed by atoms with Crippen molar-refractivity contribution in [1.29, 1.82) is 0 Å². The summed E-state index contributed by atoms with van der Waals surface area (Å²) in [6.45, 7) is 0.519. The highest BCUT2D eigenvalue weighted by Crippen LogP contribution is 2.33. The second-order valence-corrected chi connectivity index (χ2v) is 12.2. The molecule has 4 rings (SSSR count). The van der Waals surface area contributed by atoms with Crippen molar-refractivity contribution in [3.63, 3.8) is 0 Å². The molecule has 34 heavy (non-hydrogen) atoms. The van der Waals surface area contributed by atoms with Gasteiger partial charge in [0.2, 0.25) is 5.91 Å². The first kappa shape index (κ1) is 24.8. The number of nitrogens with one attached hydrogen (secondary N) is 1. The monoisotopic (exact) mass is 507 g/mol. The lowest BCUT2D eigenvalue weighted by molar-refractivity contribution is -0.128. The van der Waals surface area contributed by atoms with Crippen LogP contribution in [0.3, 0.4) is 0 Å². The zero-order valence-electron chi connectivity index (χ0n) is 19.8. The van der Waals surface area contributed by atoms with Gasteiger partial charge >= 0.3 is 0 Å². The van der Waals surface area contributed by atoms with E-state index in [9.17, 15) is 13.2 Å². The predicted molar refractivity (Wildman–Crippen MR) is 133 cm³/mol. The molecule has 1 atom stereocenters. The van der Waals surface area contributed by atoms with Crippen LogP contribution in [0.2, 0.25) is 0 Å². The molecule has 1 N–H and O–H groups in total. The number of aromatic nitrogens is 3. The highest BCUT2D eigenvalue weighted by Gasteiger charge is 2.33. The molecule has 1 saturated heterocycles. The maximum atomic E-state index is 12.8. The third-order valence-corrected chi connectivity index (χ3v) is 9.35. The maximum Gasteiger partial charge on any atom is 0.233 e. The Morgan fingerprint density at radius 2 is 2.03 bits per heavy atom. The Balaban J connectivity index is 1.44. The van der Waals surface area contributed by atoms with E-state index in [-0.39, 0.29) is 29.2 Å². The van der Waals surface area contributed by atoms with Crippen LogP contribution in [0.1, 0.15) is 50.4 Å². The van der Waals surface area contributed by atoms with Gasteiger partial charge in [0.05, 0.1) is 30.9 Å². The van der Waals surface area contributed by atoms with Crippen molar-refractivity contribution in [3.8, 4) is 5.75 Å². The molecule has 9 nitrogen and oxygen atoms in total. The number of hydrogen-bond donors (Lipinski definition) is 1. The molecule has 1 amide bonds. The van der Waals surface area contributed by atoms with Gasteiger partial charge in [0.1, 0.15) is 5.75 Å². The van der Waals surface area contributed by atoms with Crippen LogP contribution in [0, 0.1) is 0 Å². The number of ether oxygens (including phenoxy) is 1. The number of rotatable bonds is 9. The second kappa shape index (κ2) is 11.0. The molecule has 1 saturated carbocycles. The summed E-state index contributed by atoms with van der Waals surface area (Å²) in [7, 11) is 0.309. The first-order chi connectivity index (χ1) is 16.4. The molecule has 0 unspecified atom stereocenters. The van der Waals surface area contributed by atoms with Gasteiger partial charge in [-0.3, -0.25) is 4.79 Å². The fourth-order valence-corrected chi connectivity index (χ4v) is 7.38. The van der Waals surface area contributed by atoms with Crippen LogP contribution in [-0.2, 0) is 21.2 Å². The Kier molecular flexibility index (Phi) is 8.02. The molecule has 1 aromatic heterocycles. The van der Waals surface area contributed by atoms with Gasteiger partial charge in [-0.1, -0.05) is 37.1 Å². The van der Waals surface area contributed by atoms with Gasteiger partial charge in [-0.05, 0) is 31.4 Å². The fraction of sp³-hybridized carbons (Fsp3) is 0.609. The van der Waals surface area contributed by atoms with Crippen molar-refractivity contribution in [3.05, 3.63) is 30.1 Å². The first-order valence-electron chi connectivity index (χ1n) is 11.8. The van der Waals surface area contributed by atoms with E-state index in [4.69, 9.17) is 4.74 Å². The Hall–Kier alpha value is -2.27. The van der Waals surface area contributed by atoms with Crippen LogP contribution >= 0.6 is 11.8 Å². The van der Waals surface area contributed by atoms with Crippen molar-refractivity contribution in [2.24, 2.45) is 0 Å². The molecule has 1 aliphatic heterocycles. The number of carbonyl (C=O) groups excluding carboxylic acids is 1. The van der Waals surface area contributed by atoms with Crippen LogP contribution in [0.4, 0.5) is 5.69 Å². The summed E-state index contributed by atoms with van der Waals surface area (Å²) < 4.78 is 31.1. The minimum Gasteiger partial charge on any atom is -0.497 e. The minimum absolute atomic E-state index is 0.0538. The molecule has 2 heterocycles. The lowest BCUT2D eigenvalue weighted by Gasteiger charge is -2.26. The number of methoxy groups -OCH3 is 1. The zero-order chi connectivity index (χ0) is 24.1. The highest BCUT2D eigenvalue weighted by atomic mass is 32.2. The number of benzene rings is 1. The number of hydrogen-bond acceptors (Lipinski definition) is 8. The van der Waals surface area contributed by atoms with Crippen molar-refractivity contribution in [1.82, 2.24) is 19.7 Å². The Morgan fingerprint density at radius 3 is 2.74 bits per heavy atom. The van der Waals surface area contributed by atoms with E-state index in [1.54, 1.807) is 19.1 Å². The predicted octanol–water partition coefficient (Wildman–Crippen LogP) is 3.14. The van der Waals surface area contributed by atoms with Gasteiger partial charge in [-0.2, -0.15) is 0 Å². The van der Waals surface area contributed by atoms with Gasteiger partial charge in [0.15, 0.2) is 20.8 Å². The van der Waals surface area contributed by atoms with E-state index in [0.717, 1.165) is 35.3 Å². The number of carbonyl (C=O) groups is 1. The average Bonchev–Trinajstić information content (AvgIpc) is 3.43. The molecule has 1 aliphatic carbocycles. The lowest BCUT2D eigenvalue weighted by atomic mass is 9.95. The van der Waals surface area contributed by atoms with Crippen molar-refractivity contribution in [2.75, 3.05) is 36.7 Å². The van der Waals surface area contributed by atoms with Crippen molar-refractivity contribution < 1.29 is 17.9 Å². The van der Waals surface area contributed by atoms with E-state index in [1.165, 1.54) is 31.0 Å². The molecule has 2 fully saturated rings. The van der Waals surface area contributed by atoms with E-state index < -0.39 is 9.84 Å². The van der Waals surface area contributed by atoms with Crippen LogP contribution in [0.25, 0.3) is 0 Å². The number of amides is 1. The molecule has 186 valence electrons. The Morgan fingerprint density at radius 1 is 1.24 bits per heavy atom. The average molecular weight is 508 g/mol. The molecule has 0 bridgehead atoms. The lowest BCUT2D eigenvalue weighted by Crippen LogP contribution is -2.38. The molecule has 1 aromatic carbocycles. The van der Waals surface area contributed by atoms with Crippen LogP contribution < -0.4 is 10.1 Å². The molecule has 2 aliphatic rings. The topological polar surface area (TPSA) is 106 Å². The summed E-state index contributed by atoms with van der Waals surface area (Å²) in [5, 5.41) is 13.1.